The summed E-state index contributed by atoms with van der Waals surface area (Å²) in [5.74, 6) is -0.369. The molecule has 21 heavy (non-hydrogen) atoms. The minimum absolute atomic E-state index is 0.0585. The lowest BCUT2D eigenvalue weighted by atomic mass is 10.0. The van der Waals surface area contributed by atoms with Gasteiger partial charge in [0.15, 0.2) is 0 Å². The number of ketones is 1. The first kappa shape index (κ1) is 15.2. The van der Waals surface area contributed by atoms with Crippen molar-refractivity contribution in [3.8, 4) is 0 Å². The lowest BCUT2D eigenvalue weighted by Crippen LogP contribution is -2.49. The maximum Gasteiger partial charge on any atom is 0.247 e. The van der Waals surface area contributed by atoms with Crippen molar-refractivity contribution in [2.24, 2.45) is 5.92 Å². The summed E-state index contributed by atoms with van der Waals surface area (Å²) < 4.78 is 0. The molecule has 1 aliphatic heterocycles. The molecule has 0 saturated carbocycles. The molecule has 5 nitrogen and oxygen atoms in total. The van der Waals surface area contributed by atoms with Crippen LogP contribution in [-0.2, 0) is 20.8 Å². The molecular weight excluding hydrogens is 268 g/mol. The molecule has 1 fully saturated rings. The highest BCUT2D eigenvalue weighted by Gasteiger charge is 2.29. The number of anilines is 1. The molecule has 0 aliphatic carbocycles. The van der Waals surface area contributed by atoms with Gasteiger partial charge in [-0.15, -0.1) is 0 Å². The molecule has 2 N–H and O–H groups in total. The van der Waals surface area contributed by atoms with Gasteiger partial charge in [0, 0.05) is 12.1 Å². The molecule has 1 aromatic carbocycles. The summed E-state index contributed by atoms with van der Waals surface area (Å²) >= 11 is 0. The van der Waals surface area contributed by atoms with E-state index in [1.165, 1.54) is 5.56 Å². The minimum Gasteiger partial charge on any atom is -0.343 e. The zero-order chi connectivity index (χ0) is 15.4. The van der Waals surface area contributed by atoms with Crippen LogP contribution in [0.15, 0.2) is 24.3 Å². The van der Waals surface area contributed by atoms with Crippen molar-refractivity contribution in [2.45, 2.75) is 39.2 Å². The summed E-state index contributed by atoms with van der Waals surface area (Å²) in [5, 5.41) is 5.26. The third kappa shape index (κ3) is 4.41. The zero-order valence-electron chi connectivity index (χ0n) is 12.3. The topological polar surface area (TPSA) is 75.3 Å². The summed E-state index contributed by atoms with van der Waals surface area (Å²) in [5.41, 5.74) is 1.88. The Morgan fingerprint density at radius 2 is 1.95 bits per heavy atom. The third-order valence-electron chi connectivity index (χ3n) is 3.31. The fraction of sp³-hybridized carbons (Fsp3) is 0.438. The van der Waals surface area contributed by atoms with Crippen LogP contribution < -0.4 is 10.6 Å². The maximum atomic E-state index is 12.0. The molecule has 1 saturated heterocycles. The number of Topliss-reactive ketones (excluding diaryl/α,β-unsaturated/α-hetero) is 1. The molecule has 1 unspecified atom stereocenters. The molecule has 112 valence electrons. The fourth-order valence-electron chi connectivity index (χ4n) is 2.36. The Bertz CT molecular complexity index is 533. The van der Waals surface area contributed by atoms with Crippen molar-refractivity contribution < 1.29 is 14.4 Å². The monoisotopic (exact) mass is 288 g/mol. The minimum atomic E-state index is -0.769. The normalized spacial score (nSPS) is 18.5. The van der Waals surface area contributed by atoms with Gasteiger partial charge in [-0.25, -0.2) is 0 Å². The summed E-state index contributed by atoms with van der Waals surface area (Å²) in [7, 11) is 0. The molecule has 0 bridgehead atoms. The Balaban J connectivity index is 1.96. The van der Waals surface area contributed by atoms with Gasteiger partial charge < -0.3 is 10.6 Å². The van der Waals surface area contributed by atoms with Crippen LogP contribution in [0.4, 0.5) is 5.69 Å². The van der Waals surface area contributed by atoms with Crippen LogP contribution in [0.3, 0.4) is 0 Å². The number of piperidine rings is 1. The lowest BCUT2D eigenvalue weighted by Gasteiger charge is -2.21. The second kappa shape index (κ2) is 6.52. The highest BCUT2D eigenvalue weighted by molar-refractivity contribution is 6.07. The number of rotatable bonds is 4. The van der Waals surface area contributed by atoms with Gasteiger partial charge in [0.2, 0.25) is 11.8 Å². The number of benzene rings is 1. The van der Waals surface area contributed by atoms with Gasteiger partial charge in [-0.3, -0.25) is 14.4 Å². The molecule has 2 rings (SSSR count). The summed E-state index contributed by atoms with van der Waals surface area (Å²) in [6, 6.07) is 6.85. The van der Waals surface area contributed by atoms with Crippen molar-refractivity contribution in [1.82, 2.24) is 5.32 Å². The average Bonchev–Trinajstić information content (AvgIpc) is 2.39. The van der Waals surface area contributed by atoms with E-state index in [1.54, 1.807) is 0 Å². The third-order valence-corrected chi connectivity index (χ3v) is 3.31. The van der Waals surface area contributed by atoms with E-state index in [-0.39, 0.29) is 24.5 Å². The maximum absolute atomic E-state index is 12.0. The number of nitrogens with one attached hydrogen (secondary N) is 2. The first-order chi connectivity index (χ1) is 9.94. The smallest absolute Gasteiger partial charge is 0.247 e. The molecule has 5 heteroatoms. The number of amides is 2. The Labute approximate surface area is 124 Å². The van der Waals surface area contributed by atoms with Gasteiger partial charge in [-0.05, 0) is 30.0 Å². The van der Waals surface area contributed by atoms with Crippen molar-refractivity contribution in [3.63, 3.8) is 0 Å². The van der Waals surface area contributed by atoms with Crippen molar-refractivity contribution in [1.29, 1.82) is 0 Å². The van der Waals surface area contributed by atoms with Gasteiger partial charge in [0.05, 0.1) is 6.42 Å². The standard InChI is InChI=1S/C16H20N2O3/c1-10(2)7-11-3-5-12(6-4-11)17-16(21)14-8-13(19)9-15(20)18-14/h3-6,10,14H,7-9H2,1-2H3,(H,17,21)(H,18,20). The van der Waals surface area contributed by atoms with Crippen molar-refractivity contribution in [3.05, 3.63) is 29.8 Å². The quantitative estimate of drug-likeness (QED) is 0.828. The number of carbonyl (C=O) groups excluding carboxylic acids is 3. The molecule has 1 aliphatic rings. The van der Waals surface area contributed by atoms with Gasteiger partial charge >= 0.3 is 0 Å². The Hall–Kier alpha value is -2.17. The summed E-state index contributed by atoms with van der Waals surface area (Å²) in [4.78, 5) is 34.7. The van der Waals surface area contributed by atoms with Gasteiger partial charge in [0.25, 0.3) is 0 Å². The fourth-order valence-corrected chi connectivity index (χ4v) is 2.36. The van der Waals surface area contributed by atoms with E-state index in [4.69, 9.17) is 0 Å². The van der Waals surface area contributed by atoms with Crippen LogP contribution in [0, 0.1) is 5.92 Å². The highest BCUT2D eigenvalue weighted by atomic mass is 16.2. The summed E-state index contributed by atoms with van der Waals surface area (Å²) in [6.07, 6.45) is 0.915. The average molecular weight is 288 g/mol. The zero-order valence-corrected chi connectivity index (χ0v) is 12.3. The van der Waals surface area contributed by atoms with Gasteiger partial charge in [-0.1, -0.05) is 26.0 Å². The Morgan fingerprint density at radius 1 is 1.29 bits per heavy atom. The number of hydrogen-bond acceptors (Lipinski definition) is 3. The van der Waals surface area contributed by atoms with Gasteiger partial charge in [-0.2, -0.15) is 0 Å². The highest BCUT2D eigenvalue weighted by Crippen LogP contribution is 2.14. The van der Waals surface area contributed by atoms with E-state index in [9.17, 15) is 14.4 Å². The molecule has 2 amide bonds. The largest absolute Gasteiger partial charge is 0.343 e. The molecule has 0 radical (unpaired) electrons. The molecular formula is C16H20N2O3. The first-order valence-electron chi connectivity index (χ1n) is 7.15. The predicted octanol–water partition coefficient (Wildman–Crippen LogP) is 1.67. The van der Waals surface area contributed by atoms with Crippen LogP contribution in [0.25, 0.3) is 0 Å². The van der Waals surface area contributed by atoms with E-state index < -0.39 is 11.9 Å². The van der Waals surface area contributed by atoms with E-state index in [1.807, 2.05) is 24.3 Å². The van der Waals surface area contributed by atoms with Crippen LogP contribution in [0.1, 0.15) is 32.3 Å². The number of carbonyl (C=O) groups is 3. The second-order valence-corrected chi connectivity index (χ2v) is 5.82. The first-order valence-corrected chi connectivity index (χ1v) is 7.15. The van der Waals surface area contributed by atoms with Crippen LogP contribution in [0.5, 0.6) is 0 Å². The van der Waals surface area contributed by atoms with Gasteiger partial charge in [0.1, 0.15) is 11.8 Å². The lowest BCUT2D eigenvalue weighted by molar-refractivity contribution is -0.135. The molecule has 1 heterocycles. The SMILES string of the molecule is CC(C)Cc1ccc(NC(=O)C2CC(=O)CC(=O)N2)cc1. The van der Waals surface area contributed by atoms with E-state index in [2.05, 4.69) is 24.5 Å². The second-order valence-electron chi connectivity index (χ2n) is 5.82. The van der Waals surface area contributed by atoms with Crippen LogP contribution >= 0.6 is 0 Å². The van der Waals surface area contributed by atoms with E-state index in [0.29, 0.717) is 11.6 Å². The van der Waals surface area contributed by atoms with Crippen LogP contribution in [-0.4, -0.2) is 23.6 Å². The molecule has 1 atom stereocenters. The van der Waals surface area contributed by atoms with Crippen molar-refractivity contribution in [2.75, 3.05) is 5.32 Å². The van der Waals surface area contributed by atoms with E-state index in [0.717, 1.165) is 6.42 Å². The summed E-state index contributed by atoms with van der Waals surface area (Å²) in [6.45, 7) is 4.30. The molecule has 1 aromatic rings. The van der Waals surface area contributed by atoms with Crippen LogP contribution in [0.2, 0.25) is 0 Å². The Morgan fingerprint density at radius 3 is 2.52 bits per heavy atom. The Kier molecular flexibility index (Phi) is 4.73. The molecule has 0 spiro atoms. The predicted molar refractivity (Wildman–Crippen MR) is 79.8 cm³/mol. The van der Waals surface area contributed by atoms with E-state index >= 15 is 0 Å². The van der Waals surface area contributed by atoms with Crippen molar-refractivity contribution >= 4 is 23.3 Å². The molecule has 0 aromatic heterocycles. The number of hydrogen-bond donors (Lipinski definition) is 2.